The molecule has 1 fully saturated rings. The maximum absolute atomic E-state index is 13.0. The number of hydrogen-bond acceptors (Lipinski definition) is 2. The molecule has 1 aromatic rings. The fourth-order valence-electron chi connectivity index (χ4n) is 3.66. The molecule has 0 saturated heterocycles. The van der Waals surface area contributed by atoms with E-state index < -0.39 is 28.0 Å². The highest BCUT2D eigenvalue weighted by atomic mass is 32.2. The van der Waals surface area contributed by atoms with E-state index in [0.29, 0.717) is 23.8 Å². The summed E-state index contributed by atoms with van der Waals surface area (Å²) in [6.07, 6.45) is -0.492. The van der Waals surface area contributed by atoms with Gasteiger partial charge in [-0.1, -0.05) is 45.4 Å². The quantitative estimate of drug-likeness (QED) is 0.524. The lowest BCUT2D eigenvalue weighted by Gasteiger charge is -2.32. The third kappa shape index (κ3) is 6.73. The van der Waals surface area contributed by atoms with Crippen LogP contribution in [0.25, 0.3) is 0 Å². The van der Waals surface area contributed by atoms with E-state index in [0.717, 1.165) is 31.7 Å². The van der Waals surface area contributed by atoms with Crippen molar-refractivity contribution in [1.82, 2.24) is 10.6 Å². The van der Waals surface area contributed by atoms with Crippen LogP contribution in [0, 0.1) is 0 Å². The van der Waals surface area contributed by atoms with E-state index in [1.807, 2.05) is 20.8 Å². The summed E-state index contributed by atoms with van der Waals surface area (Å²) in [5.74, 6) is 1.30. The molecular formula is C21H32F3N3OS. The second-order valence-corrected chi connectivity index (χ2v) is 10.2. The van der Waals surface area contributed by atoms with Crippen molar-refractivity contribution in [3.63, 3.8) is 0 Å². The molecule has 0 bridgehead atoms. The van der Waals surface area contributed by atoms with Gasteiger partial charge >= 0.3 is 6.18 Å². The van der Waals surface area contributed by atoms with Gasteiger partial charge in [0.05, 0.1) is 5.56 Å². The average molecular weight is 432 g/mol. The fraction of sp³-hybridized carbons (Fsp3) is 0.667. The highest BCUT2D eigenvalue weighted by Gasteiger charge is 2.32. The number of nitrogens with one attached hydrogen (secondary N) is 2. The molecule has 1 aliphatic carbocycles. The normalized spacial score (nSPS) is 22.2. The Morgan fingerprint density at radius 2 is 1.93 bits per heavy atom. The summed E-state index contributed by atoms with van der Waals surface area (Å²) < 4.78 is 51.2. The summed E-state index contributed by atoms with van der Waals surface area (Å²) in [6.45, 7) is 6.20. The smallest absolute Gasteiger partial charge is 0.356 e. The molecule has 1 aliphatic rings. The highest BCUT2D eigenvalue weighted by Crippen LogP contribution is 2.32. The highest BCUT2D eigenvalue weighted by molar-refractivity contribution is 7.85. The monoisotopic (exact) mass is 431 g/mol. The number of nitrogens with zero attached hydrogens (tertiary/aromatic N) is 1. The molecule has 0 heterocycles. The van der Waals surface area contributed by atoms with Crippen LogP contribution in [0.4, 0.5) is 13.2 Å². The molecule has 8 heteroatoms. The Bertz CT molecular complexity index is 734. The number of rotatable bonds is 6. The van der Waals surface area contributed by atoms with Crippen molar-refractivity contribution in [2.75, 3.05) is 19.3 Å². The van der Waals surface area contributed by atoms with Crippen molar-refractivity contribution in [2.24, 2.45) is 4.99 Å². The zero-order valence-electron chi connectivity index (χ0n) is 17.6. The van der Waals surface area contributed by atoms with E-state index in [2.05, 4.69) is 15.6 Å². The van der Waals surface area contributed by atoms with E-state index in [1.54, 1.807) is 13.1 Å². The Balaban J connectivity index is 1.98. The van der Waals surface area contributed by atoms with Crippen LogP contribution in [0.1, 0.15) is 57.6 Å². The van der Waals surface area contributed by atoms with Gasteiger partial charge in [-0.15, -0.1) is 0 Å². The van der Waals surface area contributed by atoms with Crippen LogP contribution >= 0.6 is 0 Å². The molecule has 1 saturated carbocycles. The number of guanidine groups is 1. The number of halogens is 3. The molecule has 2 rings (SSSR count). The summed E-state index contributed by atoms with van der Waals surface area (Å²) in [5.41, 5.74) is -0.536. The predicted molar refractivity (Wildman–Crippen MR) is 114 cm³/mol. The van der Waals surface area contributed by atoms with Crippen LogP contribution in [-0.2, 0) is 22.4 Å². The third-order valence-electron chi connectivity index (χ3n) is 5.52. The van der Waals surface area contributed by atoms with Gasteiger partial charge in [0.25, 0.3) is 0 Å². The summed E-state index contributed by atoms with van der Waals surface area (Å²) in [5, 5.41) is 6.87. The number of benzene rings is 1. The lowest BCUT2D eigenvalue weighted by molar-refractivity contribution is -0.137. The molecule has 164 valence electrons. The van der Waals surface area contributed by atoms with E-state index in [9.17, 15) is 17.4 Å². The van der Waals surface area contributed by atoms with Crippen LogP contribution in [0.15, 0.2) is 29.3 Å². The predicted octanol–water partition coefficient (Wildman–Crippen LogP) is 4.23. The van der Waals surface area contributed by atoms with Crippen molar-refractivity contribution >= 4 is 16.8 Å². The SMILES string of the molecule is CCS(=O)C1CCCC(NC(=NC)NCC(C)(C)c2cccc(C(F)(F)F)c2)C1. The van der Waals surface area contributed by atoms with Crippen molar-refractivity contribution in [3.05, 3.63) is 35.4 Å². The minimum absolute atomic E-state index is 0.201. The van der Waals surface area contributed by atoms with Gasteiger partial charge in [-0.25, -0.2) is 0 Å². The first-order valence-corrected chi connectivity index (χ1v) is 11.5. The molecule has 0 aliphatic heterocycles. The Kier molecular flexibility index (Phi) is 8.14. The van der Waals surface area contributed by atoms with Crippen LogP contribution in [0.5, 0.6) is 0 Å². The Hall–Kier alpha value is -1.57. The molecule has 29 heavy (non-hydrogen) atoms. The molecule has 0 spiro atoms. The van der Waals surface area contributed by atoms with Crippen LogP contribution in [0.3, 0.4) is 0 Å². The molecule has 0 radical (unpaired) electrons. The van der Waals surface area contributed by atoms with Crippen molar-refractivity contribution in [3.8, 4) is 0 Å². The van der Waals surface area contributed by atoms with Crippen LogP contribution in [0.2, 0.25) is 0 Å². The molecule has 3 unspecified atom stereocenters. The largest absolute Gasteiger partial charge is 0.416 e. The van der Waals surface area contributed by atoms with Gasteiger partial charge in [-0.3, -0.25) is 9.20 Å². The Morgan fingerprint density at radius 1 is 1.24 bits per heavy atom. The average Bonchev–Trinajstić information content (AvgIpc) is 2.70. The van der Waals surface area contributed by atoms with Gasteiger partial charge in [0.1, 0.15) is 0 Å². The van der Waals surface area contributed by atoms with E-state index in [-0.39, 0.29) is 11.3 Å². The van der Waals surface area contributed by atoms with Crippen LogP contribution < -0.4 is 10.6 Å². The van der Waals surface area contributed by atoms with Gasteiger partial charge < -0.3 is 10.6 Å². The zero-order chi connectivity index (χ0) is 21.7. The van der Waals surface area contributed by atoms with E-state index in [1.165, 1.54) is 12.1 Å². The second kappa shape index (κ2) is 9.96. The molecule has 0 amide bonds. The number of hydrogen-bond donors (Lipinski definition) is 2. The summed E-state index contributed by atoms with van der Waals surface area (Å²) in [4.78, 5) is 4.26. The minimum atomic E-state index is -4.35. The molecule has 4 nitrogen and oxygen atoms in total. The van der Waals surface area contributed by atoms with Crippen molar-refractivity contribution < 1.29 is 17.4 Å². The molecule has 0 aromatic heterocycles. The lowest BCUT2D eigenvalue weighted by Crippen LogP contribution is -2.49. The van der Waals surface area contributed by atoms with Gasteiger partial charge in [-0.05, 0) is 30.9 Å². The molecule has 2 N–H and O–H groups in total. The van der Waals surface area contributed by atoms with Gasteiger partial charge in [0.15, 0.2) is 5.96 Å². The van der Waals surface area contributed by atoms with Gasteiger partial charge in [0, 0.05) is 46.9 Å². The number of alkyl halides is 3. The summed E-state index contributed by atoms with van der Waals surface area (Å²) in [6, 6.07) is 5.67. The standard InChI is InChI=1S/C21H32F3N3OS/c1-5-29(28)18-11-7-10-17(13-18)27-19(25-4)26-14-20(2,3)15-8-6-9-16(12-15)21(22,23)24/h6,8-9,12,17-18H,5,7,10-11,13-14H2,1-4H3,(H2,25,26,27). The fourth-order valence-corrected chi connectivity index (χ4v) is 5.01. The summed E-state index contributed by atoms with van der Waals surface area (Å²) in [7, 11) is 0.882. The summed E-state index contributed by atoms with van der Waals surface area (Å²) >= 11 is 0. The third-order valence-corrected chi connectivity index (χ3v) is 7.26. The molecule has 1 aromatic carbocycles. The van der Waals surface area contributed by atoms with Crippen molar-refractivity contribution in [2.45, 2.75) is 69.3 Å². The van der Waals surface area contributed by atoms with Crippen LogP contribution in [-0.4, -0.2) is 40.8 Å². The maximum Gasteiger partial charge on any atom is 0.416 e. The lowest BCUT2D eigenvalue weighted by atomic mass is 9.84. The maximum atomic E-state index is 13.0. The van der Waals surface area contributed by atoms with Gasteiger partial charge in [0.2, 0.25) is 0 Å². The Morgan fingerprint density at radius 3 is 2.55 bits per heavy atom. The first-order valence-electron chi connectivity index (χ1n) is 10.1. The van der Waals surface area contributed by atoms with Crippen molar-refractivity contribution in [1.29, 1.82) is 0 Å². The minimum Gasteiger partial charge on any atom is -0.356 e. The van der Waals surface area contributed by atoms with Gasteiger partial charge in [-0.2, -0.15) is 13.2 Å². The van der Waals surface area contributed by atoms with E-state index >= 15 is 0 Å². The first kappa shape index (κ1) is 23.7. The first-order chi connectivity index (χ1) is 13.6. The molecular weight excluding hydrogens is 399 g/mol. The topological polar surface area (TPSA) is 53.5 Å². The zero-order valence-corrected chi connectivity index (χ0v) is 18.4. The number of aliphatic imine (C=N–C) groups is 1. The second-order valence-electron chi connectivity index (χ2n) is 8.19. The Labute approximate surface area is 174 Å². The molecule has 3 atom stereocenters. The van der Waals surface area contributed by atoms with E-state index in [4.69, 9.17) is 0 Å².